The summed E-state index contributed by atoms with van der Waals surface area (Å²) in [4.78, 5) is 42.3. The maximum Gasteiger partial charge on any atom is 0.268 e. The molecule has 0 spiro atoms. The number of H-pyrrole nitrogens is 1. The molecule has 128 valence electrons. The van der Waals surface area contributed by atoms with Crippen molar-refractivity contribution in [3.63, 3.8) is 0 Å². The fraction of sp³-hybridized carbons (Fsp3) is 0.0556. The summed E-state index contributed by atoms with van der Waals surface area (Å²) >= 11 is 0. The number of aromatic nitrogens is 3. The monoisotopic (exact) mass is 347 g/mol. The van der Waals surface area contributed by atoms with E-state index >= 15 is 0 Å². The van der Waals surface area contributed by atoms with Gasteiger partial charge in [-0.3, -0.25) is 19.0 Å². The Morgan fingerprint density at radius 2 is 1.96 bits per heavy atom. The number of amides is 1. The van der Waals surface area contributed by atoms with Crippen molar-refractivity contribution in [1.29, 1.82) is 5.26 Å². The topological polar surface area (TPSA) is 121 Å². The predicted octanol–water partition coefficient (Wildman–Crippen LogP) is 1.78. The average molecular weight is 347 g/mol. The van der Waals surface area contributed by atoms with Crippen LogP contribution in [0.15, 0.2) is 59.9 Å². The highest BCUT2D eigenvalue weighted by atomic mass is 16.2. The van der Waals surface area contributed by atoms with Gasteiger partial charge in [-0.15, -0.1) is 0 Å². The van der Waals surface area contributed by atoms with Crippen molar-refractivity contribution in [1.82, 2.24) is 14.5 Å². The minimum Gasteiger partial charge on any atom is -0.325 e. The van der Waals surface area contributed by atoms with E-state index in [0.29, 0.717) is 16.9 Å². The van der Waals surface area contributed by atoms with Crippen LogP contribution in [-0.4, -0.2) is 26.3 Å². The van der Waals surface area contributed by atoms with Gasteiger partial charge in [-0.1, -0.05) is 12.1 Å². The van der Waals surface area contributed by atoms with E-state index in [1.807, 2.05) is 0 Å². The van der Waals surface area contributed by atoms with Crippen molar-refractivity contribution in [2.45, 2.75) is 6.42 Å². The summed E-state index contributed by atoms with van der Waals surface area (Å²) in [7, 11) is 0. The molecule has 2 N–H and O–H groups in total. The predicted molar refractivity (Wildman–Crippen MR) is 93.3 cm³/mol. The Hall–Kier alpha value is -3.99. The van der Waals surface area contributed by atoms with Crippen molar-refractivity contribution < 1.29 is 9.59 Å². The first kappa shape index (κ1) is 16.9. The Balaban J connectivity index is 1.81. The van der Waals surface area contributed by atoms with E-state index in [4.69, 9.17) is 5.26 Å². The molecule has 1 amide bonds. The van der Waals surface area contributed by atoms with Gasteiger partial charge in [0.1, 0.15) is 18.3 Å². The van der Waals surface area contributed by atoms with E-state index in [-0.39, 0.29) is 12.0 Å². The van der Waals surface area contributed by atoms with Crippen molar-refractivity contribution in [2.24, 2.45) is 0 Å². The minimum atomic E-state index is -0.507. The standard InChI is InChI=1S/C18H13N5O3/c19-8-7-16(24)21-13-3-1-12(2-4-13)15-6-5-14(17(25)22-15)18(26)23-10-9-20-11-23/h1-6,9-11H,7H2,(H,21,24)(H,22,25). The zero-order chi connectivity index (χ0) is 18.5. The van der Waals surface area contributed by atoms with Gasteiger partial charge in [-0.05, 0) is 29.8 Å². The molecule has 0 saturated heterocycles. The number of nitrogens with one attached hydrogen (secondary N) is 2. The van der Waals surface area contributed by atoms with Gasteiger partial charge in [0, 0.05) is 23.8 Å². The SMILES string of the molecule is N#CCC(=O)Nc1ccc(-c2ccc(C(=O)n3ccnc3)c(=O)[nH]2)cc1. The summed E-state index contributed by atoms with van der Waals surface area (Å²) in [5.41, 5.74) is 1.29. The highest BCUT2D eigenvalue weighted by Crippen LogP contribution is 2.19. The first-order chi connectivity index (χ1) is 12.6. The molecule has 0 radical (unpaired) electrons. The third-order valence-corrected chi connectivity index (χ3v) is 3.60. The molecule has 0 aliphatic carbocycles. The number of rotatable bonds is 4. The van der Waals surface area contributed by atoms with Crippen LogP contribution >= 0.6 is 0 Å². The van der Waals surface area contributed by atoms with Crippen LogP contribution in [0.4, 0.5) is 5.69 Å². The number of carbonyl (C=O) groups is 2. The molecule has 8 nitrogen and oxygen atoms in total. The van der Waals surface area contributed by atoms with E-state index in [9.17, 15) is 14.4 Å². The second-order valence-electron chi connectivity index (χ2n) is 5.35. The Bertz CT molecular complexity index is 1040. The Kier molecular flexibility index (Phi) is 4.71. The largest absolute Gasteiger partial charge is 0.325 e. The molecule has 2 aromatic heterocycles. The third-order valence-electron chi connectivity index (χ3n) is 3.60. The lowest BCUT2D eigenvalue weighted by molar-refractivity contribution is -0.115. The van der Waals surface area contributed by atoms with Gasteiger partial charge in [-0.25, -0.2) is 4.98 Å². The summed E-state index contributed by atoms with van der Waals surface area (Å²) in [5.74, 6) is -0.859. The molecule has 26 heavy (non-hydrogen) atoms. The molecule has 0 aliphatic rings. The molecule has 0 fully saturated rings. The molecule has 1 aromatic carbocycles. The molecule has 0 bridgehead atoms. The summed E-state index contributed by atoms with van der Waals surface area (Å²) in [6.45, 7) is 0. The second-order valence-corrected chi connectivity index (χ2v) is 5.35. The first-order valence-electron chi connectivity index (χ1n) is 7.61. The molecule has 0 aliphatic heterocycles. The maximum atomic E-state index is 12.2. The summed E-state index contributed by atoms with van der Waals surface area (Å²) in [6.07, 6.45) is 4.03. The van der Waals surface area contributed by atoms with Crippen molar-refractivity contribution in [2.75, 3.05) is 5.32 Å². The molecular weight excluding hydrogens is 334 g/mol. The lowest BCUT2D eigenvalue weighted by atomic mass is 10.1. The van der Waals surface area contributed by atoms with E-state index in [1.54, 1.807) is 36.4 Å². The van der Waals surface area contributed by atoms with Crippen LogP contribution in [0.5, 0.6) is 0 Å². The fourth-order valence-electron chi connectivity index (χ4n) is 2.34. The third kappa shape index (κ3) is 3.57. The highest BCUT2D eigenvalue weighted by Gasteiger charge is 2.13. The smallest absolute Gasteiger partial charge is 0.268 e. The fourth-order valence-corrected chi connectivity index (χ4v) is 2.34. The van der Waals surface area contributed by atoms with E-state index < -0.39 is 17.4 Å². The van der Waals surface area contributed by atoms with Crippen LogP contribution in [0.25, 0.3) is 11.3 Å². The summed E-state index contributed by atoms with van der Waals surface area (Å²) < 4.78 is 1.23. The van der Waals surface area contributed by atoms with Gasteiger partial charge in [0.2, 0.25) is 5.91 Å². The number of hydrogen-bond acceptors (Lipinski definition) is 5. The van der Waals surface area contributed by atoms with Crippen LogP contribution in [0.3, 0.4) is 0 Å². The molecule has 3 aromatic rings. The van der Waals surface area contributed by atoms with Crippen molar-refractivity contribution in [3.8, 4) is 17.3 Å². The van der Waals surface area contributed by atoms with Crippen LogP contribution in [0, 0.1) is 11.3 Å². The number of nitriles is 1. The number of nitrogens with zero attached hydrogens (tertiary/aromatic N) is 3. The number of hydrogen-bond donors (Lipinski definition) is 2. The number of benzene rings is 1. The molecule has 3 rings (SSSR count). The van der Waals surface area contributed by atoms with Gasteiger partial charge in [0.15, 0.2) is 0 Å². The van der Waals surface area contributed by atoms with Crippen LogP contribution in [0.1, 0.15) is 16.8 Å². The van der Waals surface area contributed by atoms with E-state index in [1.165, 1.54) is 29.4 Å². The lowest BCUT2D eigenvalue weighted by Crippen LogP contribution is -2.22. The Morgan fingerprint density at radius 3 is 2.58 bits per heavy atom. The van der Waals surface area contributed by atoms with Gasteiger partial charge in [0.25, 0.3) is 11.5 Å². The minimum absolute atomic E-state index is 0.00661. The first-order valence-corrected chi connectivity index (χ1v) is 7.61. The van der Waals surface area contributed by atoms with E-state index in [2.05, 4.69) is 15.3 Å². The molecule has 0 unspecified atom stereocenters. The molecule has 8 heteroatoms. The summed E-state index contributed by atoms with van der Waals surface area (Å²) in [5, 5.41) is 11.1. The van der Waals surface area contributed by atoms with Crippen LogP contribution in [0.2, 0.25) is 0 Å². The van der Waals surface area contributed by atoms with Gasteiger partial charge >= 0.3 is 0 Å². The normalized spacial score (nSPS) is 10.1. The molecule has 2 heterocycles. The zero-order valence-corrected chi connectivity index (χ0v) is 13.5. The van der Waals surface area contributed by atoms with E-state index in [0.717, 1.165) is 0 Å². The Labute approximate surface area is 147 Å². The van der Waals surface area contributed by atoms with Gasteiger partial charge < -0.3 is 10.3 Å². The van der Waals surface area contributed by atoms with Crippen LogP contribution in [-0.2, 0) is 4.79 Å². The van der Waals surface area contributed by atoms with Gasteiger partial charge in [0.05, 0.1) is 6.07 Å². The highest BCUT2D eigenvalue weighted by molar-refractivity contribution is 5.95. The number of imidazole rings is 1. The Morgan fingerprint density at radius 1 is 1.19 bits per heavy atom. The lowest BCUT2D eigenvalue weighted by Gasteiger charge is -2.06. The van der Waals surface area contributed by atoms with Crippen molar-refractivity contribution >= 4 is 17.5 Å². The second kappa shape index (κ2) is 7.27. The number of carbonyl (C=O) groups excluding carboxylic acids is 2. The van der Waals surface area contributed by atoms with Crippen molar-refractivity contribution in [3.05, 3.63) is 71.0 Å². The quantitative estimate of drug-likeness (QED) is 0.745. The number of aromatic amines is 1. The molecule has 0 atom stereocenters. The number of pyridine rings is 1. The maximum absolute atomic E-state index is 12.2. The molecule has 0 saturated carbocycles. The zero-order valence-electron chi connectivity index (χ0n) is 13.5. The number of anilines is 1. The molecular formula is C18H13N5O3. The summed E-state index contributed by atoms with van der Waals surface area (Å²) in [6, 6.07) is 11.6. The van der Waals surface area contributed by atoms with Gasteiger partial charge in [-0.2, -0.15) is 5.26 Å². The average Bonchev–Trinajstić information content (AvgIpc) is 3.16. The van der Waals surface area contributed by atoms with Crippen LogP contribution < -0.4 is 10.9 Å².